The number of nitrogens with zero attached hydrogens (tertiary/aromatic N) is 2. The lowest BCUT2D eigenvalue weighted by atomic mass is 10.3. The number of rotatable bonds is 0. The van der Waals surface area contributed by atoms with Gasteiger partial charge in [-0.1, -0.05) is 0 Å². The summed E-state index contributed by atoms with van der Waals surface area (Å²) in [6.45, 7) is 8.03. The van der Waals surface area contributed by atoms with Crippen LogP contribution in [0, 0.1) is 0 Å². The second-order valence-corrected chi connectivity index (χ2v) is 11.1. The molecule has 6 nitrogen and oxygen atoms in total. The molecule has 0 fully saturated rings. The van der Waals surface area contributed by atoms with Gasteiger partial charge in [-0.25, -0.2) is 16.8 Å². The molecule has 0 saturated carbocycles. The Balaban J connectivity index is 6.23. The summed E-state index contributed by atoms with van der Waals surface area (Å²) in [4.78, 5) is 2.51. The van der Waals surface area contributed by atoms with E-state index in [0.717, 1.165) is 0 Å². The van der Waals surface area contributed by atoms with Crippen LogP contribution in [0.2, 0.25) is 0 Å². The maximum Gasteiger partial charge on any atom is 0.496 e. The van der Waals surface area contributed by atoms with Crippen LogP contribution in [0.4, 0.5) is 0 Å². The van der Waals surface area contributed by atoms with Gasteiger partial charge in [0.1, 0.15) is 0 Å². The van der Waals surface area contributed by atoms with Crippen LogP contribution in [0.5, 0.6) is 0 Å². The van der Waals surface area contributed by atoms with Crippen molar-refractivity contribution < 1.29 is 21.6 Å². The molecule has 0 atom stereocenters. The van der Waals surface area contributed by atoms with Crippen LogP contribution in [0.3, 0.4) is 0 Å². The Labute approximate surface area is 102 Å². The lowest BCUT2D eigenvalue weighted by Crippen LogP contribution is -2.45. The lowest BCUT2D eigenvalue weighted by Gasteiger charge is -2.20. The average molecular weight is 282 g/mol. The van der Waals surface area contributed by atoms with Crippen LogP contribution in [0.15, 0.2) is 0 Å². The molecule has 0 rings (SSSR count). The fourth-order valence-corrected chi connectivity index (χ4v) is 4.69. The van der Waals surface area contributed by atoms with Gasteiger partial charge in [-0.2, -0.15) is 0 Å². The second kappa shape index (κ2) is 4.19. The molecule has 8 heteroatoms. The van der Waals surface area contributed by atoms with Crippen LogP contribution in [0.1, 0.15) is 41.5 Å². The minimum absolute atomic E-state index is 1.18. The average Bonchev–Trinajstić information content (AvgIpc) is 1.99. The first-order valence-corrected chi connectivity index (χ1v) is 7.87. The van der Waals surface area contributed by atoms with Crippen LogP contribution >= 0.6 is 0 Å². The third kappa shape index (κ3) is 2.75. The van der Waals surface area contributed by atoms with Gasteiger partial charge in [0.25, 0.3) is 19.7 Å². The van der Waals surface area contributed by atoms with Crippen molar-refractivity contribution in [2.45, 2.75) is 51.0 Å². The summed E-state index contributed by atoms with van der Waals surface area (Å²) >= 11 is 0. The zero-order valence-electron chi connectivity index (χ0n) is 10.8. The Morgan fingerprint density at radius 2 is 1.06 bits per heavy atom. The molecule has 0 spiro atoms. The zero-order valence-corrected chi connectivity index (χ0v) is 12.5. The van der Waals surface area contributed by atoms with Crippen molar-refractivity contribution in [2.75, 3.05) is 0 Å². The van der Waals surface area contributed by atoms with Crippen molar-refractivity contribution in [3.8, 4) is 0 Å². The molecule has 0 radical (unpaired) electrons. The highest BCUT2D eigenvalue weighted by molar-refractivity contribution is 8.31. The molecular formula is C9H18N2O4S2. The molecule has 17 heavy (non-hydrogen) atoms. The topological polar surface area (TPSA) is 105 Å². The fourth-order valence-electron chi connectivity index (χ4n) is 0.776. The first kappa shape index (κ1) is 16.3. The monoisotopic (exact) mass is 282 g/mol. The van der Waals surface area contributed by atoms with Crippen LogP contribution in [-0.2, 0) is 19.7 Å². The largest absolute Gasteiger partial charge is 0.496 e. The minimum atomic E-state index is -4.22. The van der Waals surface area contributed by atoms with Gasteiger partial charge < -0.3 is 5.53 Å². The van der Waals surface area contributed by atoms with Gasteiger partial charge in [0.2, 0.25) is 0 Å². The summed E-state index contributed by atoms with van der Waals surface area (Å²) in [5.74, 6) is 0. The Bertz CT molecular complexity index is 507. The van der Waals surface area contributed by atoms with E-state index in [-0.39, 0.29) is 0 Å². The molecule has 0 aromatic carbocycles. The number of sulfone groups is 2. The van der Waals surface area contributed by atoms with Gasteiger partial charge in [0.05, 0.1) is 9.49 Å². The molecule has 0 aromatic rings. The van der Waals surface area contributed by atoms with Crippen molar-refractivity contribution in [1.29, 1.82) is 0 Å². The first-order chi connectivity index (χ1) is 7.19. The Hall–Kier alpha value is -0.720. The Kier molecular flexibility index (Phi) is 4.01. The van der Waals surface area contributed by atoms with Gasteiger partial charge in [0.15, 0.2) is 0 Å². The minimum Gasteiger partial charge on any atom is -0.359 e. The van der Waals surface area contributed by atoms with E-state index in [0.29, 0.717) is 0 Å². The second-order valence-electron chi connectivity index (χ2n) is 5.60. The summed E-state index contributed by atoms with van der Waals surface area (Å²) in [5.41, 5.74) is 8.75. The van der Waals surface area contributed by atoms with E-state index in [1.54, 1.807) is 0 Å². The van der Waals surface area contributed by atoms with Crippen molar-refractivity contribution in [3.05, 3.63) is 5.53 Å². The highest BCUT2D eigenvalue weighted by atomic mass is 32.3. The van der Waals surface area contributed by atoms with Gasteiger partial charge >= 0.3 is 4.38 Å². The maximum atomic E-state index is 12.0. The highest BCUT2D eigenvalue weighted by Crippen LogP contribution is 2.25. The van der Waals surface area contributed by atoms with Crippen LogP contribution < -0.4 is 0 Å². The molecule has 100 valence electrons. The molecule has 0 aromatic heterocycles. The van der Waals surface area contributed by atoms with Crippen LogP contribution in [0.25, 0.3) is 5.53 Å². The maximum absolute atomic E-state index is 12.0. The summed E-state index contributed by atoms with van der Waals surface area (Å²) in [7, 11) is -8.43. The van der Waals surface area contributed by atoms with E-state index in [1.165, 1.54) is 41.5 Å². The molecule has 0 amide bonds. The van der Waals surface area contributed by atoms with Crippen LogP contribution in [-0.4, -0.2) is 35.5 Å². The number of hydrogen-bond donors (Lipinski definition) is 0. The summed E-state index contributed by atoms with van der Waals surface area (Å²) in [6.07, 6.45) is 0. The Morgan fingerprint density at radius 3 is 1.18 bits per heavy atom. The molecule has 0 heterocycles. The third-order valence-electron chi connectivity index (χ3n) is 2.15. The molecule has 0 unspecified atom stereocenters. The normalized spacial score (nSPS) is 14.2. The highest BCUT2D eigenvalue weighted by Gasteiger charge is 2.53. The molecule has 0 bridgehead atoms. The zero-order chi connectivity index (χ0) is 14.3. The van der Waals surface area contributed by atoms with Gasteiger partial charge in [-0.05, 0) is 41.5 Å². The van der Waals surface area contributed by atoms with E-state index < -0.39 is 33.5 Å². The molecule has 0 saturated heterocycles. The fraction of sp³-hybridized carbons (Fsp3) is 0.889. The molecular weight excluding hydrogens is 264 g/mol. The SMILES string of the molecule is CC(C)(C)S(=O)(=O)C(=[N+]=[N-])S(=O)(=O)C(C)(C)C. The van der Waals surface area contributed by atoms with Gasteiger partial charge in [0, 0.05) is 0 Å². The summed E-state index contributed by atoms with van der Waals surface area (Å²) in [5, 5.41) is 0. The van der Waals surface area contributed by atoms with E-state index in [4.69, 9.17) is 5.53 Å². The van der Waals surface area contributed by atoms with E-state index in [1.807, 2.05) is 0 Å². The smallest absolute Gasteiger partial charge is 0.359 e. The Morgan fingerprint density at radius 1 is 0.824 bits per heavy atom. The van der Waals surface area contributed by atoms with Crippen molar-refractivity contribution in [2.24, 2.45) is 0 Å². The first-order valence-electron chi connectivity index (χ1n) is 4.91. The standard InChI is InChI=1S/C9H18N2O4S2/c1-8(2,3)16(12,13)7(11-10)17(14,15)9(4,5)6/h1-6H3. The van der Waals surface area contributed by atoms with Crippen molar-refractivity contribution in [1.82, 2.24) is 0 Å². The number of hydrogen-bond acceptors (Lipinski definition) is 4. The predicted octanol–water partition coefficient (Wildman–Crippen LogP) is 0.999. The lowest BCUT2D eigenvalue weighted by molar-refractivity contribution is 0.00353. The summed E-state index contributed by atoms with van der Waals surface area (Å²) < 4.78 is 44.1. The molecule has 0 aliphatic carbocycles. The third-order valence-corrected chi connectivity index (χ3v) is 7.78. The van der Waals surface area contributed by atoms with Crippen molar-refractivity contribution >= 4 is 24.1 Å². The van der Waals surface area contributed by atoms with Gasteiger partial charge in [-0.3, -0.25) is 0 Å². The van der Waals surface area contributed by atoms with E-state index >= 15 is 0 Å². The van der Waals surface area contributed by atoms with Gasteiger partial charge in [-0.15, -0.1) is 4.79 Å². The molecule has 0 aliphatic heterocycles. The van der Waals surface area contributed by atoms with E-state index in [2.05, 4.69) is 4.79 Å². The molecule has 0 N–H and O–H groups in total. The van der Waals surface area contributed by atoms with E-state index in [9.17, 15) is 16.8 Å². The summed E-state index contributed by atoms with van der Waals surface area (Å²) in [6, 6.07) is 0. The molecule has 0 aliphatic rings. The van der Waals surface area contributed by atoms with Crippen molar-refractivity contribution in [3.63, 3.8) is 0 Å². The predicted molar refractivity (Wildman–Crippen MR) is 66.0 cm³/mol. The quantitative estimate of drug-likeness (QED) is 0.286.